The molecule has 15 nitrogen and oxygen atoms in total. The average molecular weight is 802 g/mol. The highest BCUT2D eigenvalue weighted by molar-refractivity contribution is 5.90. The van der Waals surface area contributed by atoms with Gasteiger partial charge >= 0.3 is 6.09 Å². The Hall–Kier alpha value is -6.09. The summed E-state index contributed by atoms with van der Waals surface area (Å²) in [5.74, 6) is 1.19. The van der Waals surface area contributed by atoms with Gasteiger partial charge in [0.1, 0.15) is 23.7 Å². The average Bonchev–Trinajstić information content (AvgIpc) is 4.11. The number of amides is 4. The minimum absolute atomic E-state index is 0.0262. The molecule has 0 unspecified atom stereocenters. The van der Waals surface area contributed by atoms with E-state index in [4.69, 9.17) is 24.4 Å². The number of pyridine rings is 1. The second-order valence-electron chi connectivity index (χ2n) is 16.0. The third-order valence-electron chi connectivity index (χ3n) is 12.1. The van der Waals surface area contributed by atoms with Crippen LogP contribution >= 0.6 is 0 Å². The summed E-state index contributed by atoms with van der Waals surface area (Å²) in [5.41, 5.74) is 5.37. The number of rotatable bonds is 12. The number of methoxy groups -OCH3 is 1. The van der Waals surface area contributed by atoms with Crippen LogP contribution < -0.4 is 10.6 Å². The number of hydrogen-bond donors (Lipinski definition) is 4. The number of carbonyl (C=O) groups excluding carboxylic acids is 4. The van der Waals surface area contributed by atoms with Crippen molar-refractivity contribution >= 4 is 35.1 Å². The van der Waals surface area contributed by atoms with Crippen molar-refractivity contribution in [1.29, 1.82) is 0 Å². The van der Waals surface area contributed by atoms with Crippen molar-refractivity contribution in [2.75, 3.05) is 33.4 Å². The number of benzene rings is 2. The number of hydrogen-bond acceptors (Lipinski definition) is 9. The highest BCUT2D eigenvalue weighted by atomic mass is 16.5. The molecule has 3 fully saturated rings. The van der Waals surface area contributed by atoms with Crippen LogP contribution in [0.2, 0.25) is 0 Å². The Balaban J connectivity index is 0.940. The van der Waals surface area contributed by atoms with Crippen LogP contribution in [0.5, 0.6) is 0 Å². The quantitative estimate of drug-likeness (QED) is 0.111. The van der Waals surface area contributed by atoms with Gasteiger partial charge in [0.05, 0.1) is 48.7 Å². The third-order valence-corrected chi connectivity index (χ3v) is 12.1. The molecule has 6 heterocycles. The molecule has 0 aliphatic carbocycles. The molecule has 0 bridgehead atoms. The molecule has 5 aromatic rings. The van der Waals surface area contributed by atoms with Crippen LogP contribution in [0.3, 0.4) is 0 Å². The summed E-state index contributed by atoms with van der Waals surface area (Å²) in [6, 6.07) is 14.9. The van der Waals surface area contributed by atoms with Gasteiger partial charge in [0, 0.05) is 49.2 Å². The molecule has 15 heteroatoms. The zero-order chi connectivity index (χ0) is 41.0. The van der Waals surface area contributed by atoms with E-state index in [9.17, 15) is 19.2 Å². The highest BCUT2D eigenvalue weighted by Gasteiger charge is 2.40. The molecule has 59 heavy (non-hydrogen) atoms. The summed E-state index contributed by atoms with van der Waals surface area (Å²) < 4.78 is 10.4. The summed E-state index contributed by atoms with van der Waals surface area (Å²) in [5, 5.41) is 7.64. The Bertz CT molecular complexity index is 2300. The topological polar surface area (TPSA) is 188 Å². The fourth-order valence-corrected chi connectivity index (χ4v) is 8.83. The molecule has 3 aromatic heterocycles. The Morgan fingerprint density at radius 1 is 0.780 bits per heavy atom. The SMILES string of the molecule is COC(=O)N[C@H](C(=O)N1CCC[C@H]1c1ncc(-c2ccc(-c3ccc4cc(-c5cnc([C@@H]6CCCN6C(=O)[C@@H](NC=O)C(C)C)[nH]5)ccc4c3)nc2)[nH]1)C1CCOCC1. The molecular formula is C44H51N9O6. The fourth-order valence-electron chi connectivity index (χ4n) is 8.83. The van der Waals surface area contributed by atoms with E-state index in [0.29, 0.717) is 51.4 Å². The van der Waals surface area contributed by atoms with Crippen LogP contribution in [0.1, 0.15) is 76.1 Å². The van der Waals surface area contributed by atoms with E-state index in [-0.39, 0.29) is 35.7 Å². The Labute approximate surface area is 342 Å². The van der Waals surface area contributed by atoms with Gasteiger partial charge in [-0.15, -0.1) is 0 Å². The smallest absolute Gasteiger partial charge is 0.407 e. The summed E-state index contributed by atoms with van der Waals surface area (Å²) in [7, 11) is 1.31. The number of H-pyrrole nitrogens is 2. The zero-order valence-corrected chi connectivity index (χ0v) is 33.6. The maximum atomic E-state index is 14.0. The standard InChI is InChI=1S/C44H51N9O6/c1-26(2)38(48-25-54)42(55)52-16-4-6-36(52)40-46-23-34(49-40)31-11-9-28-20-30(10-8-29(28)21-31)33-13-12-32(22-45-33)35-24-47-41(50-35)37-7-5-17-53(37)43(56)39(51-44(57)58-3)27-14-18-59-19-15-27/h8-13,20-27,36-39H,4-7,14-19H2,1-3H3,(H,46,49)(H,47,50)(H,48,54)(H,51,57)/t36-,37-,38-,39-/m0/s1. The number of carbonyl (C=O) groups is 4. The first-order valence-corrected chi connectivity index (χ1v) is 20.6. The largest absolute Gasteiger partial charge is 0.453 e. The molecule has 0 saturated carbocycles. The number of aromatic nitrogens is 5. The predicted molar refractivity (Wildman–Crippen MR) is 220 cm³/mol. The van der Waals surface area contributed by atoms with Crippen LogP contribution in [0.4, 0.5) is 4.79 Å². The highest BCUT2D eigenvalue weighted by Crippen LogP contribution is 2.36. The van der Waals surface area contributed by atoms with Crippen molar-refractivity contribution in [1.82, 2.24) is 45.4 Å². The molecule has 8 rings (SSSR count). The van der Waals surface area contributed by atoms with Crippen molar-refractivity contribution < 1.29 is 28.7 Å². The fraction of sp³-hybridized carbons (Fsp3) is 0.432. The lowest BCUT2D eigenvalue weighted by Crippen LogP contribution is -2.53. The van der Waals surface area contributed by atoms with Gasteiger partial charge in [-0.1, -0.05) is 38.1 Å². The van der Waals surface area contributed by atoms with E-state index in [0.717, 1.165) is 76.1 Å². The molecule has 0 spiro atoms. The monoisotopic (exact) mass is 801 g/mol. The lowest BCUT2D eigenvalue weighted by Gasteiger charge is -2.34. The number of imidazole rings is 2. The van der Waals surface area contributed by atoms with Crippen LogP contribution in [0.25, 0.3) is 44.5 Å². The Kier molecular flexibility index (Phi) is 11.7. The first-order chi connectivity index (χ1) is 28.7. The molecule has 3 aliphatic heterocycles. The van der Waals surface area contributed by atoms with Gasteiger partial charge in [-0.05, 0) is 85.4 Å². The van der Waals surface area contributed by atoms with Crippen molar-refractivity contribution in [3.05, 3.63) is 78.8 Å². The van der Waals surface area contributed by atoms with E-state index < -0.39 is 18.2 Å². The van der Waals surface area contributed by atoms with Crippen molar-refractivity contribution in [3.63, 3.8) is 0 Å². The van der Waals surface area contributed by atoms with Crippen LogP contribution in [0, 0.1) is 11.8 Å². The number of nitrogens with zero attached hydrogens (tertiary/aromatic N) is 5. The van der Waals surface area contributed by atoms with Crippen molar-refractivity contribution in [3.8, 4) is 33.8 Å². The lowest BCUT2D eigenvalue weighted by atomic mass is 9.90. The number of alkyl carbamates (subject to hydrolysis) is 1. The van der Waals surface area contributed by atoms with Crippen LogP contribution in [-0.2, 0) is 23.9 Å². The number of nitrogens with one attached hydrogen (secondary N) is 4. The maximum absolute atomic E-state index is 14.0. The van der Waals surface area contributed by atoms with Gasteiger partial charge in [-0.3, -0.25) is 19.4 Å². The molecule has 3 aliphatic rings. The van der Waals surface area contributed by atoms with Crippen molar-refractivity contribution in [2.45, 2.75) is 76.5 Å². The van der Waals surface area contributed by atoms with Gasteiger partial charge < -0.3 is 39.9 Å². The summed E-state index contributed by atoms with van der Waals surface area (Å²) >= 11 is 0. The van der Waals surface area contributed by atoms with Gasteiger partial charge in [-0.25, -0.2) is 14.8 Å². The predicted octanol–water partition coefficient (Wildman–Crippen LogP) is 5.93. The molecule has 2 aromatic carbocycles. The summed E-state index contributed by atoms with van der Waals surface area (Å²) in [6.07, 6.45) is 10.1. The molecular weight excluding hydrogens is 751 g/mol. The van der Waals surface area contributed by atoms with Crippen molar-refractivity contribution in [2.24, 2.45) is 11.8 Å². The molecule has 308 valence electrons. The maximum Gasteiger partial charge on any atom is 0.407 e. The molecule has 3 saturated heterocycles. The van der Waals surface area contributed by atoms with Crippen LogP contribution in [0.15, 0.2) is 67.1 Å². The Morgan fingerprint density at radius 3 is 1.97 bits per heavy atom. The first-order valence-electron chi connectivity index (χ1n) is 20.6. The van der Waals surface area contributed by atoms with E-state index >= 15 is 0 Å². The van der Waals surface area contributed by atoms with E-state index in [1.54, 1.807) is 6.20 Å². The normalized spacial score (nSPS) is 19.5. The van der Waals surface area contributed by atoms with E-state index in [1.807, 2.05) is 48.2 Å². The minimum atomic E-state index is -0.690. The zero-order valence-electron chi connectivity index (χ0n) is 33.6. The van der Waals surface area contributed by atoms with Gasteiger partial charge in [0.25, 0.3) is 0 Å². The van der Waals surface area contributed by atoms with Crippen LogP contribution in [-0.4, -0.2) is 105 Å². The third kappa shape index (κ3) is 8.29. The summed E-state index contributed by atoms with van der Waals surface area (Å²) in [4.78, 5) is 75.6. The lowest BCUT2D eigenvalue weighted by molar-refractivity contribution is -0.137. The molecule has 0 radical (unpaired) electrons. The number of fused-ring (bicyclic) bond motifs is 1. The molecule has 4 amide bonds. The first kappa shape index (κ1) is 39.7. The van der Waals surface area contributed by atoms with Gasteiger partial charge in [-0.2, -0.15) is 0 Å². The van der Waals surface area contributed by atoms with E-state index in [1.165, 1.54) is 7.11 Å². The Morgan fingerprint density at radius 2 is 1.37 bits per heavy atom. The number of ether oxygens (including phenoxy) is 2. The number of aromatic amines is 2. The van der Waals surface area contributed by atoms with Gasteiger partial charge in [0.15, 0.2) is 0 Å². The molecule has 4 atom stereocenters. The number of likely N-dealkylation sites (tertiary alicyclic amines) is 2. The second kappa shape index (κ2) is 17.4. The van der Waals surface area contributed by atoms with Gasteiger partial charge in [0.2, 0.25) is 18.2 Å². The minimum Gasteiger partial charge on any atom is -0.453 e. The second-order valence-corrected chi connectivity index (χ2v) is 16.0. The van der Waals surface area contributed by atoms with E-state index in [2.05, 4.69) is 57.0 Å². The summed E-state index contributed by atoms with van der Waals surface area (Å²) in [6.45, 7) is 6.18. The molecule has 4 N–H and O–H groups in total.